The van der Waals surface area contributed by atoms with E-state index in [9.17, 15) is 0 Å². The number of hydrogen-bond acceptors (Lipinski definition) is 4. The molecule has 1 aromatic heterocycles. The van der Waals surface area contributed by atoms with Gasteiger partial charge in [0, 0.05) is 0 Å². The van der Waals surface area contributed by atoms with E-state index in [0.29, 0.717) is 18.1 Å². The van der Waals surface area contributed by atoms with Crippen LogP contribution in [0.3, 0.4) is 0 Å². The van der Waals surface area contributed by atoms with Gasteiger partial charge in [0.25, 0.3) is 0 Å². The van der Waals surface area contributed by atoms with E-state index in [1.165, 1.54) is 0 Å². The van der Waals surface area contributed by atoms with Crippen LogP contribution >= 0.6 is 0 Å². The van der Waals surface area contributed by atoms with Crippen LogP contribution in [0.5, 0.6) is 5.75 Å². The number of ether oxygens (including phenoxy) is 1. The smallest absolute Gasteiger partial charge is 0.168 e. The summed E-state index contributed by atoms with van der Waals surface area (Å²) in [5.41, 5.74) is 12.8. The summed E-state index contributed by atoms with van der Waals surface area (Å²) in [6.07, 6.45) is 1.72. The molecule has 0 aliphatic rings. The molecule has 0 spiro atoms. The molecular formula is C11H14N4O. The van der Waals surface area contributed by atoms with E-state index in [1.54, 1.807) is 18.0 Å². The molecule has 4 N–H and O–H groups in total. The van der Waals surface area contributed by atoms with Crippen LogP contribution in [0, 0.1) is 0 Å². The number of hydrogen-bond donors (Lipinski definition) is 2. The molecule has 5 heteroatoms. The summed E-state index contributed by atoms with van der Waals surface area (Å²) in [7, 11) is 1.64. The predicted octanol–water partition coefficient (Wildman–Crippen LogP) is 1.10. The maximum Gasteiger partial charge on any atom is 0.168 e. The lowest BCUT2D eigenvalue weighted by atomic mass is 10.2. The van der Waals surface area contributed by atoms with Crippen LogP contribution in [0.2, 0.25) is 0 Å². The van der Waals surface area contributed by atoms with Crippen molar-refractivity contribution in [2.45, 2.75) is 6.54 Å². The minimum Gasteiger partial charge on any atom is -0.497 e. The zero-order chi connectivity index (χ0) is 11.5. The molecule has 0 amide bonds. The Morgan fingerprint density at radius 1 is 1.38 bits per heavy atom. The topological polar surface area (TPSA) is 79.1 Å². The van der Waals surface area contributed by atoms with Crippen molar-refractivity contribution in [3.05, 3.63) is 36.0 Å². The minimum atomic E-state index is 0.364. The summed E-state index contributed by atoms with van der Waals surface area (Å²) in [5, 5.41) is 4.09. The number of nitrogen functional groups attached to an aromatic ring is 2. The molecule has 5 nitrogen and oxygen atoms in total. The average molecular weight is 218 g/mol. The second kappa shape index (κ2) is 4.14. The van der Waals surface area contributed by atoms with E-state index in [-0.39, 0.29) is 0 Å². The minimum absolute atomic E-state index is 0.364. The molecule has 0 aliphatic heterocycles. The van der Waals surface area contributed by atoms with Crippen LogP contribution in [-0.4, -0.2) is 16.9 Å². The molecule has 0 fully saturated rings. The fourth-order valence-electron chi connectivity index (χ4n) is 1.49. The summed E-state index contributed by atoms with van der Waals surface area (Å²) < 4.78 is 6.85. The quantitative estimate of drug-likeness (QED) is 0.808. The van der Waals surface area contributed by atoms with Crippen molar-refractivity contribution in [3.63, 3.8) is 0 Å². The van der Waals surface area contributed by atoms with Gasteiger partial charge in [0.15, 0.2) is 5.82 Å². The normalized spacial score (nSPS) is 10.3. The van der Waals surface area contributed by atoms with E-state index < -0.39 is 0 Å². The first kappa shape index (κ1) is 10.4. The van der Waals surface area contributed by atoms with Crippen LogP contribution in [-0.2, 0) is 6.54 Å². The second-order valence-electron chi connectivity index (χ2n) is 3.52. The van der Waals surface area contributed by atoms with Crippen LogP contribution in [0.15, 0.2) is 30.5 Å². The first-order valence-corrected chi connectivity index (χ1v) is 4.90. The number of methoxy groups -OCH3 is 1. The molecular weight excluding hydrogens is 204 g/mol. The largest absolute Gasteiger partial charge is 0.497 e. The highest BCUT2D eigenvalue weighted by Gasteiger charge is 2.02. The van der Waals surface area contributed by atoms with Crippen molar-refractivity contribution in [1.82, 2.24) is 9.78 Å². The Bertz CT molecular complexity index is 473. The number of nitrogens with zero attached hydrogens (tertiary/aromatic N) is 2. The van der Waals surface area contributed by atoms with E-state index in [2.05, 4.69) is 5.10 Å². The number of anilines is 2. The molecule has 0 atom stereocenters. The number of rotatable bonds is 3. The molecule has 0 saturated carbocycles. The molecule has 1 heterocycles. The molecule has 1 aromatic carbocycles. The Kier molecular flexibility index (Phi) is 2.68. The summed E-state index contributed by atoms with van der Waals surface area (Å²) in [5.74, 6) is 1.19. The Balaban J connectivity index is 2.20. The van der Waals surface area contributed by atoms with Crippen LogP contribution < -0.4 is 16.2 Å². The Morgan fingerprint density at radius 3 is 2.81 bits per heavy atom. The number of benzene rings is 1. The van der Waals surface area contributed by atoms with Crippen molar-refractivity contribution < 1.29 is 4.74 Å². The predicted molar refractivity (Wildman–Crippen MR) is 63.1 cm³/mol. The first-order valence-electron chi connectivity index (χ1n) is 4.90. The van der Waals surface area contributed by atoms with Crippen LogP contribution in [0.1, 0.15) is 5.56 Å². The number of aromatic nitrogens is 2. The molecule has 84 valence electrons. The molecule has 2 aromatic rings. The van der Waals surface area contributed by atoms with Gasteiger partial charge in [0.1, 0.15) is 5.75 Å². The van der Waals surface area contributed by atoms with Gasteiger partial charge in [0.2, 0.25) is 0 Å². The lowest BCUT2D eigenvalue weighted by Gasteiger charge is -2.04. The monoisotopic (exact) mass is 218 g/mol. The summed E-state index contributed by atoms with van der Waals surface area (Å²) in [6.45, 7) is 0.624. The van der Waals surface area contributed by atoms with Crippen molar-refractivity contribution in [3.8, 4) is 5.75 Å². The fourth-order valence-corrected chi connectivity index (χ4v) is 1.49. The zero-order valence-electron chi connectivity index (χ0n) is 9.05. The Hall–Kier alpha value is -2.17. The lowest BCUT2D eigenvalue weighted by Crippen LogP contribution is -2.01. The van der Waals surface area contributed by atoms with Crippen molar-refractivity contribution >= 4 is 11.5 Å². The average Bonchev–Trinajstić information content (AvgIpc) is 2.58. The third-order valence-corrected chi connectivity index (χ3v) is 2.30. The molecule has 2 rings (SSSR count). The van der Waals surface area contributed by atoms with Gasteiger partial charge in [-0.3, -0.25) is 4.68 Å². The van der Waals surface area contributed by atoms with Crippen LogP contribution in [0.4, 0.5) is 11.5 Å². The maximum atomic E-state index is 5.62. The lowest BCUT2D eigenvalue weighted by molar-refractivity contribution is 0.414. The second-order valence-corrected chi connectivity index (χ2v) is 3.52. The highest BCUT2D eigenvalue weighted by Crippen LogP contribution is 2.15. The van der Waals surface area contributed by atoms with Gasteiger partial charge in [-0.25, -0.2) is 0 Å². The van der Waals surface area contributed by atoms with Gasteiger partial charge in [-0.1, -0.05) is 12.1 Å². The molecule has 0 unspecified atom stereocenters. The standard InChI is InChI=1S/C11H14N4O/c1-16-9-4-2-3-8(5-9)6-15-7-10(12)11(13)14-15/h2-5,7H,6,12H2,1H3,(H2,13,14). The summed E-state index contributed by atoms with van der Waals surface area (Å²) in [6, 6.07) is 7.78. The maximum absolute atomic E-state index is 5.62. The first-order chi connectivity index (χ1) is 7.69. The van der Waals surface area contributed by atoms with E-state index in [4.69, 9.17) is 16.2 Å². The van der Waals surface area contributed by atoms with Gasteiger partial charge in [-0.2, -0.15) is 5.10 Å². The van der Waals surface area contributed by atoms with E-state index >= 15 is 0 Å². The fraction of sp³-hybridized carbons (Fsp3) is 0.182. The Morgan fingerprint density at radius 2 is 2.19 bits per heavy atom. The highest BCUT2D eigenvalue weighted by molar-refractivity contribution is 5.56. The van der Waals surface area contributed by atoms with Gasteiger partial charge < -0.3 is 16.2 Å². The summed E-state index contributed by atoms with van der Waals surface area (Å²) in [4.78, 5) is 0. The third kappa shape index (κ3) is 2.08. The zero-order valence-corrected chi connectivity index (χ0v) is 9.05. The van der Waals surface area contributed by atoms with Gasteiger partial charge in [-0.05, 0) is 17.7 Å². The molecule has 0 saturated heterocycles. The summed E-state index contributed by atoms with van der Waals surface area (Å²) >= 11 is 0. The van der Waals surface area contributed by atoms with Gasteiger partial charge in [0.05, 0.1) is 25.5 Å². The molecule has 0 bridgehead atoms. The van der Waals surface area contributed by atoms with E-state index in [1.807, 2.05) is 24.3 Å². The number of nitrogens with two attached hydrogens (primary N) is 2. The third-order valence-electron chi connectivity index (χ3n) is 2.30. The van der Waals surface area contributed by atoms with Crippen molar-refractivity contribution in [1.29, 1.82) is 0 Å². The van der Waals surface area contributed by atoms with Gasteiger partial charge >= 0.3 is 0 Å². The van der Waals surface area contributed by atoms with Crippen molar-refractivity contribution in [2.24, 2.45) is 0 Å². The van der Waals surface area contributed by atoms with Gasteiger partial charge in [-0.15, -0.1) is 0 Å². The SMILES string of the molecule is COc1cccc(Cn2cc(N)c(N)n2)c1. The van der Waals surface area contributed by atoms with Crippen molar-refractivity contribution in [2.75, 3.05) is 18.6 Å². The van der Waals surface area contributed by atoms with Crippen LogP contribution in [0.25, 0.3) is 0 Å². The highest BCUT2D eigenvalue weighted by atomic mass is 16.5. The van der Waals surface area contributed by atoms with E-state index in [0.717, 1.165) is 11.3 Å². The Labute approximate surface area is 93.6 Å². The molecule has 0 aliphatic carbocycles. The molecule has 16 heavy (non-hydrogen) atoms. The molecule has 0 radical (unpaired) electrons.